The van der Waals surface area contributed by atoms with E-state index < -0.39 is 6.10 Å². The quantitative estimate of drug-likeness (QED) is 0.541. The molecular formula is C25H30ClNO4. The van der Waals surface area contributed by atoms with Crippen molar-refractivity contribution in [1.82, 2.24) is 5.32 Å². The average Bonchev–Trinajstić information content (AvgIpc) is 2.79. The third kappa shape index (κ3) is 7.00. The molecule has 0 aromatic heterocycles. The first-order valence-corrected chi connectivity index (χ1v) is 11.4. The van der Waals surface area contributed by atoms with Crippen LogP contribution in [0, 0.1) is 5.92 Å². The van der Waals surface area contributed by atoms with Crippen molar-refractivity contribution in [3.63, 3.8) is 0 Å². The fraction of sp³-hybridized carbons (Fsp3) is 0.440. The maximum Gasteiger partial charge on any atom is 0.347 e. The third-order valence-electron chi connectivity index (χ3n) is 5.59. The molecule has 1 N–H and O–H groups in total. The number of esters is 1. The summed E-state index contributed by atoms with van der Waals surface area (Å²) in [6.07, 6.45) is 5.61. The predicted octanol–water partition coefficient (Wildman–Crippen LogP) is 5.20. The molecule has 1 atom stereocenters. The van der Waals surface area contributed by atoms with Crippen molar-refractivity contribution in [2.24, 2.45) is 5.92 Å². The smallest absolute Gasteiger partial charge is 0.347 e. The molecule has 0 heterocycles. The molecular weight excluding hydrogens is 414 g/mol. The van der Waals surface area contributed by atoms with Crippen LogP contribution < -0.4 is 10.1 Å². The van der Waals surface area contributed by atoms with Crippen LogP contribution in [0.15, 0.2) is 48.5 Å². The highest BCUT2D eigenvalue weighted by Crippen LogP contribution is 2.30. The van der Waals surface area contributed by atoms with E-state index in [0.29, 0.717) is 35.9 Å². The minimum Gasteiger partial charge on any atom is -0.478 e. The zero-order chi connectivity index (χ0) is 22.1. The predicted molar refractivity (Wildman–Crippen MR) is 122 cm³/mol. The number of ether oxygens (including phenoxy) is 2. The van der Waals surface area contributed by atoms with E-state index in [9.17, 15) is 9.59 Å². The molecule has 31 heavy (non-hydrogen) atoms. The Kier molecular flexibility index (Phi) is 8.77. The van der Waals surface area contributed by atoms with Crippen molar-refractivity contribution in [3.8, 4) is 5.75 Å². The minimum atomic E-state index is -0.551. The van der Waals surface area contributed by atoms with Gasteiger partial charge in [-0.05, 0) is 68.1 Å². The Labute approximate surface area is 189 Å². The van der Waals surface area contributed by atoms with Crippen LogP contribution in [0.3, 0.4) is 0 Å². The monoisotopic (exact) mass is 443 g/mol. The van der Waals surface area contributed by atoms with E-state index in [-0.39, 0.29) is 17.8 Å². The molecule has 0 saturated heterocycles. The first-order valence-electron chi connectivity index (χ1n) is 11.0. The lowest BCUT2D eigenvalue weighted by atomic mass is 9.85. The van der Waals surface area contributed by atoms with Crippen LogP contribution in [-0.2, 0) is 16.0 Å². The van der Waals surface area contributed by atoms with Crippen molar-refractivity contribution in [3.05, 3.63) is 64.7 Å². The molecule has 1 aliphatic carbocycles. The van der Waals surface area contributed by atoms with E-state index in [1.54, 1.807) is 24.3 Å². The molecule has 1 fully saturated rings. The molecule has 1 unspecified atom stereocenters. The Morgan fingerprint density at radius 1 is 1.03 bits per heavy atom. The summed E-state index contributed by atoms with van der Waals surface area (Å²) in [5.41, 5.74) is 1.66. The number of carbonyl (C=O) groups excluding carboxylic acids is 2. The average molecular weight is 444 g/mol. The summed E-state index contributed by atoms with van der Waals surface area (Å²) in [7, 11) is 0. The molecule has 1 saturated carbocycles. The van der Waals surface area contributed by atoms with Gasteiger partial charge in [0.05, 0.1) is 6.61 Å². The Morgan fingerprint density at radius 3 is 2.35 bits per heavy atom. The van der Waals surface area contributed by atoms with Crippen LogP contribution in [-0.4, -0.2) is 31.1 Å². The van der Waals surface area contributed by atoms with Gasteiger partial charge in [0.2, 0.25) is 0 Å². The topological polar surface area (TPSA) is 64.6 Å². The summed E-state index contributed by atoms with van der Waals surface area (Å²) in [6.45, 7) is 2.69. The van der Waals surface area contributed by atoms with Crippen LogP contribution in [0.25, 0.3) is 0 Å². The molecule has 2 aromatic rings. The number of benzene rings is 2. The number of nitrogens with one attached hydrogen (secondary N) is 1. The molecule has 1 amide bonds. The van der Waals surface area contributed by atoms with Gasteiger partial charge in [-0.15, -0.1) is 0 Å². The molecule has 0 spiro atoms. The van der Waals surface area contributed by atoms with Gasteiger partial charge in [-0.25, -0.2) is 4.79 Å². The highest BCUT2D eigenvalue weighted by Gasteiger charge is 2.32. The van der Waals surface area contributed by atoms with Gasteiger partial charge in [-0.1, -0.05) is 43.0 Å². The summed E-state index contributed by atoms with van der Waals surface area (Å²) >= 11 is 5.85. The second-order valence-corrected chi connectivity index (χ2v) is 8.28. The highest BCUT2D eigenvalue weighted by molar-refractivity contribution is 6.30. The van der Waals surface area contributed by atoms with Gasteiger partial charge in [0, 0.05) is 23.0 Å². The van der Waals surface area contributed by atoms with E-state index >= 15 is 0 Å². The fourth-order valence-electron chi connectivity index (χ4n) is 3.90. The van der Waals surface area contributed by atoms with Crippen molar-refractivity contribution in [2.45, 2.75) is 51.6 Å². The van der Waals surface area contributed by atoms with Gasteiger partial charge in [-0.2, -0.15) is 0 Å². The van der Waals surface area contributed by atoms with Gasteiger partial charge in [0.1, 0.15) is 5.75 Å². The summed E-state index contributed by atoms with van der Waals surface area (Å²) in [5.74, 6) is 0.470. The highest BCUT2D eigenvalue weighted by atomic mass is 35.5. The third-order valence-corrected chi connectivity index (χ3v) is 5.84. The van der Waals surface area contributed by atoms with Gasteiger partial charge < -0.3 is 14.8 Å². The normalized spacial score (nSPS) is 15.2. The van der Waals surface area contributed by atoms with E-state index in [0.717, 1.165) is 31.2 Å². The van der Waals surface area contributed by atoms with Crippen molar-refractivity contribution in [1.29, 1.82) is 0 Å². The Hall–Kier alpha value is -2.53. The van der Waals surface area contributed by atoms with Crippen molar-refractivity contribution < 1.29 is 19.1 Å². The lowest BCUT2D eigenvalue weighted by Gasteiger charge is -2.29. The Bertz CT molecular complexity index is 845. The molecule has 166 valence electrons. The number of halogens is 1. The van der Waals surface area contributed by atoms with Crippen LogP contribution in [0.1, 0.15) is 54.9 Å². The molecule has 1 aliphatic rings. The standard InChI is InChI=1S/C25H30ClNO4/c1-2-30-25(29)23(19-6-4-3-5-7-19)31-22-14-8-18(9-15-22)16-17-27-24(28)20-10-12-21(26)13-11-20/h8-15,19,23H,2-7,16-17H2,1H3,(H,27,28). The largest absolute Gasteiger partial charge is 0.478 e. The number of hydrogen-bond acceptors (Lipinski definition) is 4. The molecule has 6 heteroatoms. The number of rotatable bonds is 9. The van der Waals surface area contributed by atoms with Crippen LogP contribution in [0.2, 0.25) is 5.02 Å². The molecule has 2 aromatic carbocycles. The molecule has 5 nitrogen and oxygen atoms in total. The number of carbonyl (C=O) groups is 2. The van der Waals surface area contributed by atoms with E-state index in [1.807, 2.05) is 31.2 Å². The van der Waals surface area contributed by atoms with Crippen molar-refractivity contribution >= 4 is 23.5 Å². The molecule has 3 rings (SSSR count). The zero-order valence-electron chi connectivity index (χ0n) is 17.9. The maximum atomic E-state index is 12.5. The molecule has 0 aliphatic heterocycles. The van der Waals surface area contributed by atoms with Gasteiger partial charge in [0.15, 0.2) is 6.10 Å². The van der Waals surface area contributed by atoms with Gasteiger partial charge >= 0.3 is 5.97 Å². The first kappa shape index (κ1) is 23.1. The van der Waals surface area contributed by atoms with Crippen LogP contribution in [0.5, 0.6) is 5.75 Å². The SMILES string of the molecule is CCOC(=O)C(Oc1ccc(CCNC(=O)c2ccc(Cl)cc2)cc1)C1CCCCC1. The second kappa shape index (κ2) is 11.8. The van der Waals surface area contributed by atoms with E-state index in [4.69, 9.17) is 21.1 Å². The fourth-order valence-corrected chi connectivity index (χ4v) is 4.03. The van der Waals surface area contributed by atoms with E-state index in [1.165, 1.54) is 6.42 Å². The van der Waals surface area contributed by atoms with Gasteiger partial charge in [0.25, 0.3) is 5.91 Å². The van der Waals surface area contributed by atoms with Crippen LogP contribution >= 0.6 is 11.6 Å². The molecule has 0 radical (unpaired) electrons. The first-order chi connectivity index (χ1) is 15.1. The summed E-state index contributed by atoms with van der Waals surface area (Å²) in [4.78, 5) is 24.6. The summed E-state index contributed by atoms with van der Waals surface area (Å²) in [5, 5.41) is 3.52. The number of hydrogen-bond donors (Lipinski definition) is 1. The van der Waals surface area contributed by atoms with Crippen molar-refractivity contribution in [2.75, 3.05) is 13.2 Å². The summed E-state index contributed by atoms with van der Waals surface area (Å²) in [6, 6.07) is 14.5. The molecule has 0 bridgehead atoms. The maximum absolute atomic E-state index is 12.5. The lowest BCUT2D eigenvalue weighted by Crippen LogP contribution is -2.37. The van der Waals surface area contributed by atoms with Crippen LogP contribution in [0.4, 0.5) is 0 Å². The van der Waals surface area contributed by atoms with Gasteiger partial charge in [-0.3, -0.25) is 4.79 Å². The number of amides is 1. The Morgan fingerprint density at radius 2 is 1.71 bits per heavy atom. The second-order valence-electron chi connectivity index (χ2n) is 7.85. The zero-order valence-corrected chi connectivity index (χ0v) is 18.7. The lowest BCUT2D eigenvalue weighted by molar-refractivity contribution is -0.154. The van der Waals surface area contributed by atoms with E-state index in [2.05, 4.69) is 5.32 Å². The minimum absolute atomic E-state index is 0.124. The summed E-state index contributed by atoms with van der Waals surface area (Å²) < 4.78 is 11.3. The Balaban J connectivity index is 1.52.